The maximum atomic E-state index is 11.9. The van der Waals surface area contributed by atoms with E-state index in [1.165, 1.54) is 0 Å². The van der Waals surface area contributed by atoms with Gasteiger partial charge in [0.15, 0.2) is 0 Å². The van der Waals surface area contributed by atoms with Crippen LogP contribution in [0.25, 0.3) is 0 Å². The lowest BCUT2D eigenvalue weighted by atomic mass is 10.1. The first kappa shape index (κ1) is 14.2. The lowest BCUT2D eigenvalue weighted by molar-refractivity contribution is -0.118. The summed E-state index contributed by atoms with van der Waals surface area (Å²) >= 11 is 0. The number of rotatable bonds is 5. The quantitative estimate of drug-likeness (QED) is 0.863. The third-order valence-electron chi connectivity index (χ3n) is 2.79. The second kappa shape index (κ2) is 6.77. The summed E-state index contributed by atoms with van der Waals surface area (Å²) in [5, 5.41) is 8.82. The van der Waals surface area contributed by atoms with Crippen molar-refractivity contribution < 1.29 is 4.79 Å². The number of nitriles is 1. The van der Waals surface area contributed by atoms with Crippen LogP contribution in [-0.4, -0.2) is 19.0 Å². The fraction of sp³-hybridized carbons (Fsp3) is 0.429. The summed E-state index contributed by atoms with van der Waals surface area (Å²) < 4.78 is 0. The minimum Gasteiger partial charge on any atom is -0.328 e. The molecule has 0 bridgehead atoms. The highest BCUT2D eigenvalue weighted by molar-refractivity contribution is 5.92. The Hall–Kier alpha value is -1.86. The predicted molar refractivity (Wildman–Crippen MR) is 72.1 cm³/mol. The SMILES string of the molecule is CC(N)CCCC(=O)N(C)c1cccc(C#N)c1. The molecule has 2 N–H and O–H groups in total. The van der Waals surface area contributed by atoms with Crippen molar-refractivity contribution in [1.29, 1.82) is 5.26 Å². The first-order chi connectivity index (χ1) is 8.54. The van der Waals surface area contributed by atoms with Crippen LogP contribution in [0.4, 0.5) is 5.69 Å². The van der Waals surface area contributed by atoms with Crippen LogP contribution in [-0.2, 0) is 4.79 Å². The van der Waals surface area contributed by atoms with Crippen molar-refractivity contribution in [1.82, 2.24) is 0 Å². The van der Waals surface area contributed by atoms with Gasteiger partial charge in [-0.05, 0) is 38.0 Å². The van der Waals surface area contributed by atoms with E-state index >= 15 is 0 Å². The molecule has 0 saturated carbocycles. The van der Waals surface area contributed by atoms with Crippen LogP contribution >= 0.6 is 0 Å². The summed E-state index contributed by atoms with van der Waals surface area (Å²) in [6, 6.07) is 9.23. The van der Waals surface area contributed by atoms with Crippen LogP contribution in [0.3, 0.4) is 0 Å². The van der Waals surface area contributed by atoms with Crippen LogP contribution in [0.2, 0.25) is 0 Å². The van der Waals surface area contributed by atoms with Crippen molar-refractivity contribution in [2.75, 3.05) is 11.9 Å². The fourth-order valence-corrected chi connectivity index (χ4v) is 1.67. The largest absolute Gasteiger partial charge is 0.328 e. The molecule has 1 aromatic carbocycles. The molecular formula is C14H19N3O. The van der Waals surface area contributed by atoms with Gasteiger partial charge >= 0.3 is 0 Å². The number of amides is 1. The summed E-state index contributed by atoms with van der Waals surface area (Å²) in [6.07, 6.45) is 2.12. The van der Waals surface area contributed by atoms with Crippen molar-refractivity contribution in [2.24, 2.45) is 5.73 Å². The van der Waals surface area contributed by atoms with Crippen LogP contribution in [0.5, 0.6) is 0 Å². The lowest BCUT2D eigenvalue weighted by Gasteiger charge is -2.17. The molecule has 4 nitrogen and oxygen atoms in total. The molecule has 0 aromatic heterocycles. The van der Waals surface area contributed by atoms with Crippen molar-refractivity contribution in [3.8, 4) is 6.07 Å². The average molecular weight is 245 g/mol. The van der Waals surface area contributed by atoms with Crippen molar-refractivity contribution >= 4 is 11.6 Å². The molecule has 0 saturated heterocycles. The summed E-state index contributed by atoms with van der Waals surface area (Å²) in [5.41, 5.74) is 6.95. The van der Waals surface area contributed by atoms with Gasteiger partial charge < -0.3 is 10.6 Å². The Morgan fingerprint density at radius 2 is 2.28 bits per heavy atom. The lowest BCUT2D eigenvalue weighted by Crippen LogP contribution is -2.26. The molecule has 0 heterocycles. The molecule has 0 aliphatic heterocycles. The number of benzene rings is 1. The highest BCUT2D eigenvalue weighted by Gasteiger charge is 2.11. The molecule has 1 aromatic rings. The standard InChI is InChI=1S/C14H19N3O/c1-11(16)5-3-8-14(18)17(2)13-7-4-6-12(9-13)10-15/h4,6-7,9,11H,3,5,8,16H2,1-2H3. The van der Waals surface area contributed by atoms with Crippen LogP contribution in [0, 0.1) is 11.3 Å². The molecule has 0 aliphatic rings. The predicted octanol–water partition coefficient (Wildman–Crippen LogP) is 2.04. The van der Waals surface area contributed by atoms with Crippen LogP contribution in [0.1, 0.15) is 31.7 Å². The Labute approximate surface area is 108 Å². The first-order valence-electron chi connectivity index (χ1n) is 6.07. The fourth-order valence-electron chi connectivity index (χ4n) is 1.67. The topological polar surface area (TPSA) is 70.1 Å². The molecule has 1 rings (SSSR count). The van der Waals surface area contributed by atoms with Gasteiger partial charge in [0.1, 0.15) is 0 Å². The molecule has 1 atom stereocenters. The van der Waals surface area contributed by atoms with E-state index in [0.29, 0.717) is 12.0 Å². The van der Waals surface area contributed by atoms with Gasteiger partial charge in [-0.25, -0.2) is 0 Å². The molecule has 1 unspecified atom stereocenters. The number of carbonyl (C=O) groups excluding carboxylic acids is 1. The van der Waals surface area contributed by atoms with E-state index in [1.54, 1.807) is 30.1 Å². The van der Waals surface area contributed by atoms with E-state index in [4.69, 9.17) is 11.0 Å². The molecule has 0 aliphatic carbocycles. The second-order valence-corrected chi connectivity index (χ2v) is 4.48. The highest BCUT2D eigenvalue weighted by Crippen LogP contribution is 2.16. The number of hydrogen-bond donors (Lipinski definition) is 1. The normalized spacial score (nSPS) is 11.7. The van der Waals surface area contributed by atoms with Gasteiger partial charge in [0.25, 0.3) is 0 Å². The van der Waals surface area contributed by atoms with Crippen molar-refractivity contribution in [3.63, 3.8) is 0 Å². The van der Waals surface area contributed by atoms with Gasteiger partial charge in [-0.15, -0.1) is 0 Å². The first-order valence-corrected chi connectivity index (χ1v) is 6.07. The Morgan fingerprint density at radius 3 is 2.89 bits per heavy atom. The summed E-state index contributed by atoms with van der Waals surface area (Å²) in [7, 11) is 1.73. The van der Waals surface area contributed by atoms with E-state index in [9.17, 15) is 4.79 Å². The van der Waals surface area contributed by atoms with Gasteiger partial charge in [-0.2, -0.15) is 5.26 Å². The van der Waals surface area contributed by atoms with E-state index < -0.39 is 0 Å². The number of nitrogens with zero attached hydrogens (tertiary/aromatic N) is 2. The molecule has 1 amide bonds. The Balaban J connectivity index is 2.60. The molecule has 96 valence electrons. The summed E-state index contributed by atoms with van der Waals surface area (Å²) in [6.45, 7) is 1.94. The second-order valence-electron chi connectivity index (χ2n) is 4.48. The number of nitrogens with two attached hydrogens (primary N) is 1. The smallest absolute Gasteiger partial charge is 0.226 e. The summed E-state index contributed by atoms with van der Waals surface area (Å²) in [4.78, 5) is 13.5. The Kier molecular flexibility index (Phi) is 5.34. The molecule has 0 spiro atoms. The van der Waals surface area contributed by atoms with Gasteiger partial charge in [-0.1, -0.05) is 6.07 Å². The third-order valence-corrected chi connectivity index (χ3v) is 2.79. The number of hydrogen-bond acceptors (Lipinski definition) is 3. The highest BCUT2D eigenvalue weighted by atomic mass is 16.2. The Bertz CT molecular complexity index is 449. The van der Waals surface area contributed by atoms with Gasteiger partial charge in [0.05, 0.1) is 11.6 Å². The zero-order valence-electron chi connectivity index (χ0n) is 10.9. The van der Waals surface area contributed by atoms with Gasteiger partial charge in [-0.3, -0.25) is 4.79 Å². The van der Waals surface area contributed by atoms with Gasteiger partial charge in [0.2, 0.25) is 5.91 Å². The minimum atomic E-state index is 0.0470. The van der Waals surface area contributed by atoms with Crippen molar-refractivity contribution in [3.05, 3.63) is 29.8 Å². The molecule has 18 heavy (non-hydrogen) atoms. The molecule has 0 radical (unpaired) electrons. The Morgan fingerprint density at radius 1 is 1.56 bits per heavy atom. The maximum Gasteiger partial charge on any atom is 0.226 e. The molecular weight excluding hydrogens is 226 g/mol. The van der Waals surface area contributed by atoms with Crippen LogP contribution in [0.15, 0.2) is 24.3 Å². The zero-order chi connectivity index (χ0) is 13.5. The molecule has 0 fully saturated rings. The van der Waals surface area contributed by atoms with E-state index in [2.05, 4.69) is 6.07 Å². The minimum absolute atomic E-state index is 0.0470. The average Bonchev–Trinajstić information content (AvgIpc) is 2.37. The number of carbonyl (C=O) groups is 1. The van der Waals surface area contributed by atoms with E-state index in [1.807, 2.05) is 13.0 Å². The number of anilines is 1. The van der Waals surface area contributed by atoms with Crippen molar-refractivity contribution in [2.45, 2.75) is 32.2 Å². The molecule has 4 heteroatoms. The summed E-state index contributed by atoms with van der Waals surface area (Å²) in [5.74, 6) is 0.0470. The van der Waals surface area contributed by atoms with Gasteiger partial charge in [0, 0.05) is 25.2 Å². The van der Waals surface area contributed by atoms with E-state index in [0.717, 1.165) is 18.5 Å². The third kappa shape index (κ3) is 4.19. The van der Waals surface area contributed by atoms with E-state index in [-0.39, 0.29) is 11.9 Å². The maximum absolute atomic E-state index is 11.9. The zero-order valence-corrected chi connectivity index (χ0v) is 10.9. The monoisotopic (exact) mass is 245 g/mol. The van der Waals surface area contributed by atoms with Crippen LogP contribution < -0.4 is 10.6 Å².